The van der Waals surface area contributed by atoms with E-state index in [1.807, 2.05) is 13.8 Å². The van der Waals surface area contributed by atoms with Crippen LogP contribution in [0.3, 0.4) is 0 Å². The van der Waals surface area contributed by atoms with Crippen molar-refractivity contribution in [3.8, 4) is 0 Å². The largest absolute Gasteiger partial charge is 0.340 e. The molecule has 0 heterocycles. The van der Waals surface area contributed by atoms with Gasteiger partial charge in [0.05, 0.1) is 4.92 Å². The first-order valence-corrected chi connectivity index (χ1v) is 6.10. The van der Waals surface area contributed by atoms with Gasteiger partial charge in [0.1, 0.15) is 0 Å². The van der Waals surface area contributed by atoms with E-state index in [0.717, 1.165) is 12.1 Å². The lowest BCUT2D eigenvalue weighted by Crippen LogP contribution is -1.98. The van der Waals surface area contributed by atoms with Gasteiger partial charge in [-0.05, 0) is 24.1 Å². The third-order valence-electron chi connectivity index (χ3n) is 1.67. The summed E-state index contributed by atoms with van der Waals surface area (Å²) in [4.78, 5) is 9.10. The highest BCUT2D eigenvalue weighted by Gasteiger charge is 2.21. The quantitative estimate of drug-likeness (QED) is 0.562. The monoisotopic (exact) mass is 261 g/mol. The zero-order chi connectivity index (χ0) is 14.7. The zero-order valence-electron chi connectivity index (χ0n) is 11.6. The number of aryl methyl sites for hydroxylation is 1. The van der Waals surface area contributed by atoms with Crippen molar-refractivity contribution in [1.82, 2.24) is 0 Å². The second-order valence-corrected chi connectivity index (χ2v) is 3.23. The predicted molar refractivity (Wildman–Crippen MR) is 69.7 cm³/mol. The number of halogens is 2. The van der Waals surface area contributed by atoms with Crippen LogP contribution in [0.1, 0.15) is 46.6 Å². The van der Waals surface area contributed by atoms with E-state index in [0.29, 0.717) is 12.0 Å². The van der Waals surface area contributed by atoms with Gasteiger partial charge in [0.25, 0.3) is 0 Å². The number of nitro benzene ring substituents is 1. The fraction of sp³-hybridized carbons (Fsp3) is 0.538. The Morgan fingerprint density at radius 3 is 1.67 bits per heavy atom. The molecule has 0 spiro atoms. The molecule has 3 nitrogen and oxygen atoms in total. The molecule has 104 valence electrons. The lowest BCUT2D eigenvalue weighted by atomic mass is 10.1. The van der Waals surface area contributed by atoms with Crippen LogP contribution in [0, 0.1) is 21.7 Å². The highest BCUT2D eigenvalue weighted by atomic mass is 19.1. The third kappa shape index (κ3) is 6.27. The van der Waals surface area contributed by atoms with Crippen molar-refractivity contribution in [3.05, 3.63) is 39.4 Å². The SMILES string of the molecule is CC.CCC.CCc1cc(F)c([N+](=O)[O-])c(F)c1. The number of hydrogen-bond acceptors (Lipinski definition) is 2. The van der Waals surface area contributed by atoms with Crippen molar-refractivity contribution in [1.29, 1.82) is 0 Å². The molecule has 0 aliphatic carbocycles. The number of nitrogens with zero attached hydrogens (tertiary/aromatic N) is 1. The molecule has 0 saturated heterocycles. The molecule has 5 heteroatoms. The van der Waals surface area contributed by atoms with Crippen LogP contribution < -0.4 is 0 Å². The predicted octanol–water partition coefficient (Wildman–Crippen LogP) is 4.88. The Hall–Kier alpha value is -1.52. The van der Waals surface area contributed by atoms with Crippen LogP contribution in [-0.2, 0) is 6.42 Å². The van der Waals surface area contributed by atoms with Gasteiger partial charge in [-0.2, -0.15) is 8.78 Å². The van der Waals surface area contributed by atoms with E-state index >= 15 is 0 Å². The summed E-state index contributed by atoms with van der Waals surface area (Å²) >= 11 is 0. The van der Waals surface area contributed by atoms with Crippen molar-refractivity contribution >= 4 is 5.69 Å². The summed E-state index contributed by atoms with van der Waals surface area (Å²) in [6, 6.07) is 1.95. The highest BCUT2D eigenvalue weighted by Crippen LogP contribution is 2.22. The van der Waals surface area contributed by atoms with E-state index in [1.165, 1.54) is 6.42 Å². The summed E-state index contributed by atoms with van der Waals surface area (Å²) < 4.78 is 25.7. The molecule has 0 radical (unpaired) electrons. The summed E-state index contributed by atoms with van der Waals surface area (Å²) in [5.41, 5.74) is -0.683. The number of nitro groups is 1. The highest BCUT2D eigenvalue weighted by molar-refractivity contribution is 5.36. The molecule has 0 bridgehead atoms. The van der Waals surface area contributed by atoms with E-state index in [4.69, 9.17) is 0 Å². The van der Waals surface area contributed by atoms with Crippen molar-refractivity contribution < 1.29 is 13.7 Å². The minimum Gasteiger partial charge on any atom is -0.258 e. The molecule has 0 aliphatic heterocycles. The van der Waals surface area contributed by atoms with E-state index in [-0.39, 0.29) is 0 Å². The summed E-state index contributed by atoms with van der Waals surface area (Å²) in [6.07, 6.45) is 1.69. The molecular formula is C13H21F2NO2. The fourth-order valence-electron chi connectivity index (χ4n) is 0.997. The first-order chi connectivity index (χ1) is 8.47. The number of hydrogen-bond donors (Lipinski definition) is 0. The lowest BCUT2D eigenvalue weighted by molar-refractivity contribution is -0.390. The zero-order valence-corrected chi connectivity index (χ0v) is 11.6. The smallest absolute Gasteiger partial charge is 0.258 e. The summed E-state index contributed by atoms with van der Waals surface area (Å²) in [5, 5.41) is 10.2. The van der Waals surface area contributed by atoms with Crippen LogP contribution >= 0.6 is 0 Å². The van der Waals surface area contributed by atoms with Gasteiger partial charge in [0, 0.05) is 0 Å². The Bertz CT molecular complexity index is 345. The van der Waals surface area contributed by atoms with Crippen molar-refractivity contribution in [2.24, 2.45) is 0 Å². The van der Waals surface area contributed by atoms with Gasteiger partial charge in [-0.3, -0.25) is 10.1 Å². The van der Waals surface area contributed by atoms with E-state index in [1.54, 1.807) is 6.92 Å². The average molecular weight is 261 g/mol. The maximum absolute atomic E-state index is 12.9. The Kier molecular flexibility index (Phi) is 11.1. The Labute approximate surface area is 107 Å². The van der Waals surface area contributed by atoms with Gasteiger partial charge in [-0.25, -0.2) is 0 Å². The average Bonchev–Trinajstić information content (AvgIpc) is 2.31. The minimum absolute atomic E-state index is 0.403. The topological polar surface area (TPSA) is 43.1 Å². The van der Waals surface area contributed by atoms with E-state index in [9.17, 15) is 18.9 Å². The van der Waals surface area contributed by atoms with Gasteiger partial charge in [0.2, 0.25) is 11.6 Å². The first-order valence-electron chi connectivity index (χ1n) is 6.10. The fourth-order valence-corrected chi connectivity index (χ4v) is 0.997. The molecule has 0 atom stereocenters. The van der Waals surface area contributed by atoms with E-state index in [2.05, 4.69) is 13.8 Å². The standard InChI is InChI=1S/C8H7F2NO2.C3H8.C2H6/c1-2-5-3-6(9)8(11(12)13)7(10)4-5;1-3-2;1-2/h3-4H,2H2,1H3;3H2,1-2H3;1-2H3. The van der Waals surface area contributed by atoms with Gasteiger partial charge < -0.3 is 0 Å². The maximum Gasteiger partial charge on any atom is 0.340 e. The molecular weight excluding hydrogens is 240 g/mol. The summed E-state index contributed by atoms with van der Waals surface area (Å²) in [5.74, 6) is -2.25. The second-order valence-electron chi connectivity index (χ2n) is 3.23. The third-order valence-corrected chi connectivity index (χ3v) is 1.67. The molecule has 18 heavy (non-hydrogen) atoms. The van der Waals surface area contributed by atoms with E-state index < -0.39 is 22.2 Å². The van der Waals surface area contributed by atoms with Crippen molar-refractivity contribution in [3.63, 3.8) is 0 Å². The van der Waals surface area contributed by atoms with Crippen LogP contribution in [0.15, 0.2) is 12.1 Å². The summed E-state index contributed by atoms with van der Waals surface area (Å²) in [6.45, 7) is 9.96. The van der Waals surface area contributed by atoms with Crippen LogP contribution in [-0.4, -0.2) is 4.92 Å². The molecule has 0 N–H and O–H groups in total. The van der Waals surface area contributed by atoms with Crippen LogP contribution in [0.5, 0.6) is 0 Å². The molecule has 0 aromatic heterocycles. The molecule has 0 fully saturated rings. The van der Waals surface area contributed by atoms with Crippen molar-refractivity contribution in [2.75, 3.05) is 0 Å². The van der Waals surface area contributed by atoms with Crippen molar-refractivity contribution in [2.45, 2.75) is 47.5 Å². The molecule has 0 saturated carbocycles. The second kappa shape index (κ2) is 10.6. The maximum atomic E-state index is 12.9. The number of rotatable bonds is 2. The Morgan fingerprint density at radius 1 is 1.11 bits per heavy atom. The molecule has 1 aromatic rings. The van der Waals surface area contributed by atoms with Gasteiger partial charge in [-0.1, -0.05) is 41.0 Å². The molecule has 0 aliphatic rings. The lowest BCUT2D eigenvalue weighted by Gasteiger charge is -1.99. The Morgan fingerprint density at radius 2 is 1.44 bits per heavy atom. The van der Waals surface area contributed by atoms with Gasteiger partial charge >= 0.3 is 5.69 Å². The number of benzene rings is 1. The minimum atomic E-state index is -1.12. The summed E-state index contributed by atoms with van der Waals surface area (Å²) in [7, 11) is 0. The van der Waals surface area contributed by atoms with Gasteiger partial charge in [-0.15, -0.1) is 0 Å². The molecule has 0 unspecified atom stereocenters. The van der Waals surface area contributed by atoms with Crippen LogP contribution in [0.2, 0.25) is 0 Å². The molecule has 0 amide bonds. The molecule has 1 rings (SSSR count). The van der Waals surface area contributed by atoms with Gasteiger partial charge in [0.15, 0.2) is 0 Å². The molecule has 1 aromatic carbocycles. The Balaban J connectivity index is 0. The van der Waals surface area contributed by atoms with Crippen LogP contribution in [0.25, 0.3) is 0 Å². The van der Waals surface area contributed by atoms with Crippen LogP contribution in [0.4, 0.5) is 14.5 Å². The first kappa shape index (κ1) is 18.8. The normalized spacial score (nSPS) is 8.61.